The normalized spacial score (nSPS) is 11.6. The number of imidazole rings is 1. The van der Waals surface area contributed by atoms with Crippen molar-refractivity contribution < 1.29 is 0 Å². The van der Waals surface area contributed by atoms with Gasteiger partial charge in [0.05, 0.1) is 5.52 Å². The lowest BCUT2D eigenvalue weighted by Crippen LogP contribution is -1.72. The molecule has 3 aromatic rings. The maximum atomic E-state index is 4.44. The molecule has 0 amide bonds. The highest BCUT2D eigenvalue weighted by atomic mass is 32.1. The summed E-state index contributed by atoms with van der Waals surface area (Å²) in [6, 6.07) is 6.52. The van der Waals surface area contributed by atoms with Crippen molar-refractivity contribution in [1.82, 2.24) is 9.97 Å². The molecule has 0 aliphatic carbocycles. The van der Waals surface area contributed by atoms with E-state index in [0.29, 0.717) is 0 Å². The van der Waals surface area contributed by atoms with Crippen molar-refractivity contribution in [3.63, 3.8) is 0 Å². The second kappa shape index (κ2) is 2.58. The van der Waals surface area contributed by atoms with Crippen molar-refractivity contribution in [2.24, 2.45) is 0 Å². The van der Waals surface area contributed by atoms with Crippen molar-refractivity contribution in [2.75, 3.05) is 0 Å². The Balaban J connectivity index is 2.52. The number of fused-ring (bicyclic) bond motifs is 3. The van der Waals surface area contributed by atoms with Crippen LogP contribution in [0.15, 0.2) is 18.2 Å². The number of aryl methyl sites for hydroxylation is 2. The van der Waals surface area contributed by atoms with Crippen molar-refractivity contribution in [3.05, 3.63) is 29.6 Å². The van der Waals surface area contributed by atoms with Crippen LogP contribution in [0.4, 0.5) is 0 Å². The summed E-state index contributed by atoms with van der Waals surface area (Å²) >= 11 is 1.75. The SMILES string of the molecule is Cc1ccc2c(c1)sc1nc(C)[nH]c12. The van der Waals surface area contributed by atoms with E-state index in [-0.39, 0.29) is 0 Å². The largest absolute Gasteiger partial charge is 0.341 e. The minimum atomic E-state index is 0.994. The van der Waals surface area contributed by atoms with Crippen molar-refractivity contribution in [3.8, 4) is 0 Å². The van der Waals surface area contributed by atoms with Gasteiger partial charge in [-0.3, -0.25) is 0 Å². The minimum absolute atomic E-state index is 0.994. The number of aromatic amines is 1. The van der Waals surface area contributed by atoms with E-state index in [1.54, 1.807) is 11.3 Å². The van der Waals surface area contributed by atoms with Crippen molar-refractivity contribution >= 4 is 31.8 Å². The molecular formula is C11H10N2S. The number of hydrogen-bond donors (Lipinski definition) is 1. The summed E-state index contributed by atoms with van der Waals surface area (Å²) in [5.41, 5.74) is 2.49. The van der Waals surface area contributed by atoms with E-state index in [1.165, 1.54) is 21.2 Å². The van der Waals surface area contributed by atoms with E-state index in [4.69, 9.17) is 0 Å². The molecule has 70 valence electrons. The third-order valence-electron chi connectivity index (χ3n) is 2.40. The van der Waals surface area contributed by atoms with Gasteiger partial charge in [0.1, 0.15) is 10.7 Å². The summed E-state index contributed by atoms with van der Waals surface area (Å²) in [5.74, 6) is 0.994. The highest BCUT2D eigenvalue weighted by Crippen LogP contribution is 2.32. The fourth-order valence-electron chi connectivity index (χ4n) is 1.75. The Morgan fingerprint density at radius 2 is 2.14 bits per heavy atom. The van der Waals surface area contributed by atoms with E-state index in [2.05, 4.69) is 35.1 Å². The van der Waals surface area contributed by atoms with Gasteiger partial charge in [0, 0.05) is 10.1 Å². The third kappa shape index (κ3) is 0.990. The van der Waals surface area contributed by atoms with Crippen LogP contribution in [0.2, 0.25) is 0 Å². The molecule has 3 heteroatoms. The second-order valence-corrected chi connectivity index (χ2v) is 4.63. The first-order valence-electron chi connectivity index (χ1n) is 4.59. The Kier molecular flexibility index (Phi) is 1.47. The second-order valence-electron chi connectivity index (χ2n) is 3.60. The topological polar surface area (TPSA) is 28.7 Å². The predicted molar refractivity (Wildman–Crippen MR) is 61.0 cm³/mol. The number of aromatic nitrogens is 2. The molecule has 0 atom stereocenters. The zero-order chi connectivity index (χ0) is 9.71. The molecule has 1 N–H and O–H groups in total. The smallest absolute Gasteiger partial charge is 0.142 e. The van der Waals surface area contributed by atoms with Gasteiger partial charge in [0.25, 0.3) is 0 Å². The molecule has 0 aliphatic heterocycles. The van der Waals surface area contributed by atoms with Crippen LogP contribution in [-0.2, 0) is 0 Å². The molecule has 0 aliphatic rings. The first-order chi connectivity index (χ1) is 6.74. The molecule has 2 aromatic heterocycles. The third-order valence-corrected chi connectivity index (χ3v) is 3.45. The Labute approximate surface area is 85.6 Å². The molecule has 0 bridgehead atoms. The number of rotatable bonds is 0. The first-order valence-corrected chi connectivity index (χ1v) is 5.41. The minimum Gasteiger partial charge on any atom is -0.341 e. The summed E-state index contributed by atoms with van der Waals surface area (Å²) in [5, 5.41) is 1.29. The molecule has 0 saturated heterocycles. The van der Waals surface area contributed by atoms with E-state index in [1.807, 2.05) is 6.92 Å². The molecule has 0 spiro atoms. The summed E-state index contributed by atoms with van der Waals surface area (Å²) in [7, 11) is 0. The van der Waals surface area contributed by atoms with Gasteiger partial charge in [-0.05, 0) is 25.5 Å². The van der Waals surface area contributed by atoms with Crippen LogP contribution >= 0.6 is 11.3 Å². The highest BCUT2D eigenvalue weighted by molar-refractivity contribution is 7.25. The highest BCUT2D eigenvalue weighted by Gasteiger charge is 2.07. The van der Waals surface area contributed by atoms with Crippen LogP contribution in [0, 0.1) is 13.8 Å². The molecular weight excluding hydrogens is 192 g/mol. The Morgan fingerprint density at radius 3 is 3.00 bits per heavy atom. The summed E-state index contributed by atoms with van der Waals surface area (Å²) in [6.07, 6.45) is 0. The molecule has 0 unspecified atom stereocenters. The summed E-state index contributed by atoms with van der Waals surface area (Å²) < 4.78 is 1.32. The lowest BCUT2D eigenvalue weighted by molar-refractivity contribution is 1.17. The van der Waals surface area contributed by atoms with Gasteiger partial charge >= 0.3 is 0 Å². The molecule has 14 heavy (non-hydrogen) atoms. The van der Waals surface area contributed by atoms with E-state index >= 15 is 0 Å². The van der Waals surface area contributed by atoms with Crippen molar-refractivity contribution in [1.29, 1.82) is 0 Å². The molecule has 0 fully saturated rings. The zero-order valence-electron chi connectivity index (χ0n) is 8.09. The predicted octanol–water partition coefficient (Wildman–Crippen LogP) is 3.39. The quantitative estimate of drug-likeness (QED) is 0.594. The molecule has 0 radical (unpaired) electrons. The molecule has 1 aromatic carbocycles. The van der Waals surface area contributed by atoms with E-state index in [0.717, 1.165) is 10.7 Å². The van der Waals surface area contributed by atoms with Crippen LogP contribution in [0.3, 0.4) is 0 Å². The number of nitrogens with one attached hydrogen (secondary N) is 1. The van der Waals surface area contributed by atoms with Crippen LogP contribution in [0.1, 0.15) is 11.4 Å². The van der Waals surface area contributed by atoms with Crippen LogP contribution < -0.4 is 0 Å². The molecule has 2 nitrogen and oxygen atoms in total. The van der Waals surface area contributed by atoms with Crippen LogP contribution in [-0.4, -0.2) is 9.97 Å². The van der Waals surface area contributed by atoms with E-state index in [9.17, 15) is 0 Å². The number of nitrogens with zero attached hydrogens (tertiary/aromatic N) is 1. The van der Waals surface area contributed by atoms with Gasteiger partial charge in [-0.1, -0.05) is 12.1 Å². The Hall–Kier alpha value is -1.35. The van der Waals surface area contributed by atoms with Gasteiger partial charge in [0.2, 0.25) is 0 Å². The van der Waals surface area contributed by atoms with Crippen LogP contribution in [0.5, 0.6) is 0 Å². The van der Waals surface area contributed by atoms with E-state index < -0.39 is 0 Å². The zero-order valence-corrected chi connectivity index (χ0v) is 8.90. The maximum absolute atomic E-state index is 4.44. The average Bonchev–Trinajstić information content (AvgIpc) is 2.59. The summed E-state index contributed by atoms with van der Waals surface area (Å²) in [4.78, 5) is 8.86. The molecule has 0 saturated carbocycles. The molecule has 3 rings (SSSR count). The van der Waals surface area contributed by atoms with Gasteiger partial charge in [-0.15, -0.1) is 11.3 Å². The summed E-state index contributed by atoms with van der Waals surface area (Å²) in [6.45, 7) is 4.11. The van der Waals surface area contributed by atoms with Gasteiger partial charge < -0.3 is 4.98 Å². The molecule has 2 heterocycles. The number of H-pyrrole nitrogens is 1. The monoisotopic (exact) mass is 202 g/mol. The lowest BCUT2D eigenvalue weighted by Gasteiger charge is -1.91. The van der Waals surface area contributed by atoms with Gasteiger partial charge in [0.15, 0.2) is 0 Å². The van der Waals surface area contributed by atoms with Gasteiger partial charge in [-0.25, -0.2) is 4.98 Å². The Morgan fingerprint density at radius 1 is 1.29 bits per heavy atom. The fraction of sp³-hybridized carbons (Fsp3) is 0.182. The lowest BCUT2D eigenvalue weighted by atomic mass is 10.2. The number of hydrogen-bond acceptors (Lipinski definition) is 2. The standard InChI is InChI=1S/C11H10N2S/c1-6-3-4-8-9(5-6)14-11-10(8)12-7(2)13-11/h3-5H,1-2H3,(H,12,13). The average molecular weight is 202 g/mol. The Bertz CT molecular complexity index is 615. The van der Waals surface area contributed by atoms with Crippen LogP contribution in [0.25, 0.3) is 20.4 Å². The van der Waals surface area contributed by atoms with Crippen molar-refractivity contribution in [2.45, 2.75) is 13.8 Å². The maximum Gasteiger partial charge on any atom is 0.142 e. The van der Waals surface area contributed by atoms with Gasteiger partial charge in [-0.2, -0.15) is 0 Å². The number of benzene rings is 1. The number of thiophene rings is 1. The fourth-order valence-corrected chi connectivity index (χ4v) is 2.93. The first kappa shape index (κ1) is 8.00.